The van der Waals surface area contributed by atoms with Crippen molar-refractivity contribution in [3.63, 3.8) is 0 Å². The van der Waals surface area contributed by atoms with E-state index in [1.807, 2.05) is 38.1 Å². The minimum absolute atomic E-state index is 0.0172. The van der Waals surface area contributed by atoms with Crippen LogP contribution in [0.25, 0.3) is 5.70 Å². The van der Waals surface area contributed by atoms with Crippen LogP contribution in [-0.2, 0) is 27.8 Å². The molecule has 1 aliphatic rings. The molecule has 0 saturated carbocycles. The summed E-state index contributed by atoms with van der Waals surface area (Å²) < 4.78 is 60.8. The first-order valence-corrected chi connectivity index (χ1v) is 17.5. The summed E-state index contributed by atoms with van der Waals surface area (Å²) in [7, 11) is -2.05. The van der Waals surface area contributed by atoms with Gasteiger partial charge >= 0.3 is 0 Å². The standard InChI is InChI=1S/C35H44F2N4O6S/c1-23(2)22-47-40-24(3)27-16-28(18-31(17-27)41-10-5-6-11-48(41,44)45)35(43)39-33(15-26-12-29(36)19-30(37)13-26)34(42)21-38-20-25-8-7-9-32(14-25)46-4/h7-9,12-14,16-19,23,33-34,38,40,42H,3,5-6,10-11,15,20-22H2,1-2,4H3,(H,39,43)/t33-,34+/m0/s1. The second-order valence-corrected chi connectivity index (χ2v) is 14.3. The number of aliphatic hydroxyl groups is 1. The van der Waals surface area contributed by atoms with Crippen molar-refractivity contribution in [3.05, 3.63) is 101 Å². The summed E-state index contributed by atoms with van der Waals surface area (Å²) in [4.78, 5) is 19.4. The van der Waals surface area contributed by atoms with Crippen LogP contribution in [0, 0.1) is 17.6 Å². The average molecular weight is 687 g/mol. The van der Waals surface area contributed by atoms with Crippen LogP contribution in [0.5, 0.6) is 5.75 Å². The predicted octanol–water partition coefficient (Wildman–Crippen LogP) is 4.54. The van der Waals surface area contributed by atoms with Crippen molar-refractivity contribution in [1.82, 2.24) is 16.1 Å². The second-order valence-electron chi connectivity index (χ2n) is 12.3. The summed E-state index contributed by atoms with van der Waals surface area (Å²) in [6, 6.07) is 14.1. The van der Waals surface area contributed by atoms with Gasteiger partial charge in [-0.05, 0) is 78.8 Å². The van der Waals surface area contributed by atoms with E-state index in [1.165, 1.54) is 16.4 Å². The minimum atomic E-state index is -3.62. The number of halogens is 2. The molecule has 4 rings (SSSR count). The number of hydrogen-bond donors (Lipinski definition) is 4. The first-order chi connectivity index (χ1) is 22.8. The summed E-state index contributed by atoms with van der Waals surface area (Å²) in [5.74, 6) is -1.31. The second kappa shape index (κ2) is 16.9. The Morgan fingerprint density at radius 1 is 1.02 bits per heavy atom. The number of benzene rings is 3. The van der Waals surface area contributed by atoms with Crippen molar-refractivity contribution in [2.45, 2.75) is 51.8 Å². The Hall–Kier alpha value is -4.04. The Morgan fingerprint density at radius 2 is 1.75 bits per heavy atom. The van der Waals surface area contributed by atoms with Gasteiger partial charge in [0.25, 0.3) is 5.91 Å². The highest BCUT2D eigenvalue weighted by Gasteiger charge is 2.28. The van der Waals surface area contributed by atoms with Gasteiger partial charge in [0.1, 0.15) is 17.4 Å². The maximum Gasteiger partial charge on any atom is 0.251 e. The van der Waals surface area contributed by atoms with Gasteiger partial charge in [-0.3, -0.25) is 19.4 Å². The van der Waals surface area contributed by atoms with E-state index in [9.17, 15) is 27.1 Å². The smallest absolute Gasteiger partial charge is 0.251 e. The van der Waals surface area contributed by atoms with Crippen LogP contribution in [-0.4, -0.2) is 64.1 Å². The Morgan fingerprint density at radius 3 is 2.44 bits per heavy atom. The van der Waals surface area contributed by atoms with E-state index >= 15 is 0 Å². The largest absolute Gasteiger partial charge is 0.497 e. The number of nitrogens with zero attached hydrogens (tertiary/aromatic N) is 1. The van der Waals surface area contributed by atoms with Gasteiger partial charge in [-0.15, -0.1) is 0 Å². The van der Waals surface area contributed by atoms with E-state index in [0.29, 0.717) is 43.0 Å². The van der Waals surface area contributed by atoms with E-state index < -0.39 is 39.7 Å². The number of carbonyl (C=O) groups excluding carboxylic acids is 1. The highest BCUT2D eigenvalue weighted by atomic mass is 32.2. The van der Waals surface area contributed by atoms with E-state index in [-0.39, 0.29) is 48.0 Å². The van der Waals surface area contributed by atoms with Crippen molar-refractivity contribution >= 4 is 27.3 Å². The molecule has 1 fully saturated rings. The molecular formula is C35H44F2N4O6S. The van der Waals surface area contributed by atoms with Crippen LogP contribution in [0.15, 0.2) is 67.2 Å². The van der Waals surface area contributed by atoms with Crippen molar-refractivity contribution < 1.29 is 36.7 Å². The molecule has 10 nitrogen and oxygen atoms in total. The van der Waals surface area contributed by atoms with Crippen molar-refractivity contribution in [2.24, 2.45) is 5.92 Å². The Labute approximate surface area is 281 Å². The first kappa shape index (κ1) is 36.8. The fourth-order valence-electron chi connectivity index (χ4n) is 5.30. The average Bonchev–Trinajstić information content (AvgIpc) is 3.03. The van der Waals surface area contributed by atoms with Gasteiger partial charge in [-0.25, -0.2) is 17.2 Å². The predicted molar refractivity (Wildman–Crippen MR) is 182 cm³/mol. The van der Waals surface area contributed by atoms with Crippen LogP contribution >= 0.6 is 0 Å². The highest BCUT2D eigenvalue weighted by molar-refractivity contribution is 7.92. The van der Waals surface area contributed by atoms with E-state index in [1.54, 1.807) is 13.2 Å². The fourth-order valence-corrected chi connectivity index (χ4v) is 6.92. The molecule has 1 amide bonds. The molecule has 0 unspecified atom stereocenters. The zero-order valence-corrected chi connectivity index (χ0v) is 28.3. The third kappa shape index (κ3) is 10.5. The first-order valence-electron chi connectivity index (χ1n) is 15.8. The Balaban J connectivity index is 1.61. The monoisotopic (exact) mass is 686 g/mol. The van der Waals surface area contributed by atoms with Gasteiger partial charge in [0.05, 0.1) is 43.0 Å². The van der Waals surface area contributed by atoms with Gasteiger partial charge in [0.2, 0.25) is 10.0 Å². The Kier molecular flexibility index (Phi) is 12.9. The van der Waals surface area contributed by atoms with Crippen LogP contribution in [0.3, 0.4) is 0 Å². The molecule has 0 aromatic heterocycles. The molecule has 48 heavy (non-hydrogen) atoms. The molecule has 2 atom stereocenters. The molecule has 4 N–H and O–H groups in total. The van der Waals surface area contributed by atoms with E-state index in [0.717, 1.165) is 23.8 Å². The van der Waals surface area contributed by atoms with Crippen LogP contribution in [0.2, 0.25) is 0 Å². The lowest BCUT2D eigenvalue weighted by Crippen LogP contribution is -2.48. The lowest BCUT2D eigenvalue weighted by Gasteiger charge is -2.29. The lowest BCUT2D eigenvalue weighted by molar-refractivity contribution is 0.0582. The normalized spacial score (nSPS) is 15.5. The number of sulfonamides is 1. The fraction of sp³-hybridized carbons (Fsp3) is 0.400. The maximum absolute atomic E-state index is 14.1. The molecule has 0 aliphatic carbocycles. The van der Waals surface area contributed by atoms with Crippen LogP contribution < -0.4 is 25.2 Å². The number of ether oxygens (including phenoxy) is 1. The maximum atomic E-state index is 14.1. The third-order valence-electron chi connectivity index (χ3n) is 7.75. The summed E-state index contributed by atoms with van der Waals surface area (Å²) in [5, 5.41) is 17.3. The summed E-state index contributed by atoms with van der Waals surface area (Å²) in [6.07, 6.45) is -0.0811. The number of amides is 1. The molecule has 0 bridgehead atoms. The van der Waals surface area contributed by atoms with Gasteiger partial charge in [0.15, 0.2) is 0 Å². The highest BCUT2D eigenvalue weighted by Crippen LogP contribution is 2.28. The number of hydroxylamine groups is 1. The minimum Gasteiger partial charge on any atom is -0.497 e. The molecule has 3 aromatic carbocycles. The van der Waals surface area contributed by atoms with E-state index in [4.69, 9.17) is 9.57 Å². The van der Waals surface area contributed by atoms with Crippen molar-refractivity contribution in [3.8, 4) is 5.75 Å². The number of carbonyl (C=O) groups is 1. The summed E-state index contributed by atoms with van der Waals surface area (Å²) in [6.45, 7) is 9.02. The molecular weight excluding hydrogens is 642 g/mol. The Bertz CT molecular complexity index is 1670. The molecule has 3 aromatic rings. The number of methoxy groups -OCH3 is 1. The summed E-state index contributed by atoms with van der Waals surface area (Å²) >= 11 is 0. The quantitative estimate of drug-likeness (QED) is 0.162. The van der Waals surface area contributed by atoms with Gasteiger partial charge in [-0.1, -0.05) is 32.6 Å². The van der Waals surface area contributed by atoms with Crippen LogP contribution in [0.1, 0.15) is 53.7 Å². The number of rotatable bonds is 16. The van der Waals surface area contributed by atoms with Gasteiger partial charge in [0, 0.05) is 36.8 Å². The topological polar surface area (TPSA) is 129 Å². The molecule has 1 heterocycles. The zero-order chi connectivity index (χ0) is 34.8. The number of aliphatic hydroxyl groups excluding tert-OH is 1. The van der Waals surface area contributed by atoms with Crippen molar-refractivity contribution in [2.75, 3.05) is 36.9 Å². The SMILES string of the molecule is C=C(NOCC(C)C)c1cc(C(=O)N[C@@H](Cc2cc(F)cc(F)c2)[C@H](O)CNCc2cccc(OC)c2)cc(N2CCCCS2(=O)=O)c1. The summed E-state index contributed by atoms with van der Waals surface area (Å²) in [5.41, 5.74) is 5.03. The van der Waals surface area contributed by atoms with Crippen LogP contribution in [0.4, 0.5) is 14.5 Å². The number of nitrogens with one attached hydrogen (secondary N) is 3. The number of anilines is 1. The zero-order valence-electron chi connectivity index (χ0n) is 27.5. The third-order valence-corrected chi connectivity index (χ3v) is 9.62. The van der Waals surface area contributed by atoms with Gasteiger partial charge in [-0.2, -0.15) is 0 Å². The lowest BCUT2D eigenvalue weighted by atomic mass is 9.99. The molecule has 1 aliphatic heterocycles. The van der Waals surface area contributed by atoms with E-state index in [2.05, 4.69) is 22.7 Å². The van der Waals surface area contributed by atoms with Gasteiger partial charge < -0.3 is 20.5 Å². The molecule has 13 heteroatoms. The number of hydrogen-bond acceptors (Lipinski definition) is 8. The molecule has 260 valence electrons. The molecule has 0 radical (unpaired) electrons. The molecule has 0 spiro atoms. The van der Waals surface area contributed by atoms with Crippen molar-refractivity contribution in [1.29, 1.82) is 0 Å². The molecule has 1 saturated heterocycles.